The molecular formula is C17H19ClN2O. The minimum atomic E-state index is -0.162. The summed E-state index contributed by atoms with van der Waals surface area (Å²) >= 11 is 6.01. The van der Waals surface area contributed by atoms with Crippen LogP contribution in [0, 0.1) is 11.8 Å². The summed E-state index contributed by atoms with van der Waals surface area (Å²) in [5.41, 5.74) is 0.828. The van der Waals surface area contributed by atoms with Gasteiger partial charge in [0.25, 0.3) is 0 Å². The van der Waals surface area contributed by atoms with Crippen molar-refractivity contribution in [3.05, 3.63) is 40.9 Å². The van der Waals surface area contributed by atoms with Gasteiger partial charge >= 0.3 is 0 Å². The molecule has 0 aromatic heterocycles. The lowest BCUT2D eigenvalue weighted by atomic mass is 10.2. The zero-order valence-corrected chi connectivity index (χ0v) is 12.7. The van der Waals surface area contributed by atoms with E-state index in [2.05, 4.69) is 22.1 Å². The molecule has 4 heteroatoms. The lowest BCUT2D eigenvalue weighted by Crippen LogP contribution is -2.22. The highest BCUT2D eigenvalue weighted by molar-refractivity contribution is 6.32. The van der Waals surface area contributed by atoms with Crippen molar-refractivity contribution in [3.8, 4) is 11.8 Å². The molecular weight excluding hydrogens is 284 g/mol. The molecule has 0 radical (unpaired) electrons. The van der Waals surface area contributed by atoms with Crippen LogP contribution >= 0.6 is 11.6 Å². The first-order valence-corrected chi connectivity index (χ1v) is 7.52. The number of nitrogens with one attached hydrogen (secondary N) is 1. The molecule has 1 amide bonds. The summed E-state index contributed by atoms with van der Waals surface area (Å²) in [7, 11) is 0. The molecule has 1 heterocycles. The maximum absolute atomic E-state index is 11.6. The maximum atomic E-state index is 11.6. The Hall–Kier alpha value is -1.76. The van der Waals surface area contributed by atoms with Gasteiger partial charge in [0.15, 0.2) is 0 Å². The molecule has 1 fully saturated rings. The normalized spacial score (nSPS) is 14.9. The van der Waals surface area contributed by atoms with Crippen LogP contribution in [-0.4, -0.2) is 37.0 Å². The lowest BCUT2D eigenvalue weighted by Gasteiger charge is -2.08. The van der Waals surface area contributed by atoms with E-state index in [9.17, 15) is 4.79 Å². The number of hydrogen-bond acceptors (Lipinski definition) is 2. The van der Waals surface area contributed by atoms with Gasteiger partial charge in [0.2, 0.25) is 5.91 Å². The molecule has 1 aromatic rings. The number of likely N-dealkylation sites (tertiary alicyclic amines) is 1. The number of carbonyl (C=O) groups excluding carboxylic acids is 1. The van der Waals surface area contributed by atoms with E-state index in [0.717, 1.165) is 25.2 Å². The van der Waals surface area contributed by atoms with Gasteiger partial charge in [0, 0.05) is 11.1 Å². The van der Waals surface area contributed by atoms with Gasteiger partial charge < -0.3 is 5.32 Å². The Kier molecular flexibility index (Phi) is 6.33. The highest BCUT2D eigenvalue weighted by Crippen LogP contribution is 2.15. The van der Waals surface area contributed by atoms with Gasteiger partial charge in [0.05, 0.1) is 13.1 Å². The summed E-state index contributed by atoms with van der Waals surface area (Å²) in [5.74, 6) is 5.89. The van der Waals surface area contributed by atoms with E-state index in [1.54, 1.807) is 12.1 Å². The minimum absolute atomic E-state index is 0.162. The van der Waals surface area contributed by atoms with Crippen LogP contribution in [0.5, 0.6) is 0 Å². The van der Waals surface area contributed by atoms with Crippen LogP contribution in [0.15, 0.2) is 30.3 Å². The second kappa shape index (κ2) is 8.51. The highest BCUT2D eigenvalue weighted by Gasteiger charge is 2.08. The Balaban J connectivity index is 1.70. The first-order chi connectivity index (χ1) is 10.3. The summed E-state index contributed by atoms with van der Waals surface area (Å²) in [5, 5.41) is 3.37. The third-order valence-electron chi connectivity index (χ3n) is 3.30. The van der Waals surface area contributed by atoms with E-state index in [1.807, 2.05) is 18.2 Å². The minimum Gasteiger partial charge on any atom is -0.342 e. The van der Waals surface area contributed by atoms with Crippen LogP contribution < -0.4 is 5.32 Å². The number of hydrogen-bond donors (Lipinski definition) is 1. The first kappa shape index (κ1) is 15.6. The van der Waals surface area contributed by atoms with E-state index in [0.29, 0.717) is 11.6 Å². The van der Waals surface area contributed by atoms with Crippen molar-refractivity contribution in [1.82, 2.24) is 10.2 Å². The predicted molar refractivity (Wildman–Crippen MR) is 86.9 cm³/mol. The number of halogens is 1. The average Bonchev–Trinajstić information content (AvgIpc) is 2.99. The van der Waals surface area contributed by atoms with Crippen LogP contribution in [0.4, 0.5) is 0 Å². The highest BCUT2D eigenvalue weighted by atomic mass is 35.5. The molecule has 110 valence electrons. The number of amides is 1. The predicted octanol–water partition coefficient (Wildman–Crippen LogP) is 2.57. The molecule has 1 saturated heterocycles. The second-order valence-electron chi connectivity index (χ2n) is 4.91. The zero-order valence-electron chi connectivity index (χ0n) is 11.9. The number of rotatable bonds is 4. The molecule has 3 nitrogen and oxygen atoms in total. The third kappa shape index (κ3) is 5.63. The molecule has 21 heavy (non-hydrogen) atoms. The number of carbonyl (C=O) groups is 1. The second-order valence-corrected chi connectivity index (χ2v) is 5.32. The van der Waals surface area contributed by atoms with Gasteiger partial charge in [-0.2, -0.15) is 0 Å². The molecule has 0 aliphatic carbocycles. The van der Waals surface area contributed by atoms with Gasteiger partial charge in [-0.05, 0) is 43.6 Å². The fraction of sp³-hybridized carbons (Fsp3) is 0.353. The molecule has 1 aliphatic rings. The quantitative estimate of drug-likeness (QED) is 0.685. The Morgan fingerprint density at radius 1 is 1.29 bits per heavy atom. The number of nitrogens with zero attached hydrogens (tertiary/aromatic N) is 1. The van der Waals surface area contributed by atoms with Crippen molar-refractivity contribution in [2.75, 3.05) is 26.2 Å². The fourth-order valence-corrected chi connectivity index (χ4v) is 2.34. The zero-order chi connectivity index (χ0) is 14.9. The molecule has 0 atom stereocenters. The Morgan fingerprint density at radius 2 is 2.05 bits per heavy atom. The lowest BCUT2D eigenvalue weighted by molar-refractivity contribution is -0.116. The van der Waals surface area contributed by atoms with E-state index in [-0.39, 0.29) is 5.91 Å². The summed E-state index contributed by atoms with van der Waals surface area (Å²) in [6.45, 7) is 3.45. The Bertz CT molecular complexity index is 566. The van der Waals surface area contributed by atoms with E-state index in [1.165, 1.54) is 18.9 Å². The number of benzene rings is 1. The molecule has 1 aromatic carbocycles. The van der Waals surface area contributed by atoms with Crippen LogP contribution in [0.3, 0.4) is 0 Å². The van der Waals surface area contributed by atoms with Crippen molar-refractivity contribution in [1.29, 1.82) is 0 Å². The summed E-state index contributed by atoms with van der Waals surface area (Å²) in [6, 6.07) is 7.40. The van der Waals surface area contributed by atoms with Crippen LogP contribution in [0.1, 0.15) is 18.4 Å². The van der Waals surface area contributed by atoms with Crippen molar-refractivity contribution in [2.24, 2.45) is 0 Å². The standard InChI is InChI=1S/C17H19ClN2O/c18-16-8-2-1-7-15(16)9-10-17(21)19-11-3-4-12-20-13-5-6-14-20/h1-2,7-10H,5-6,11-14H2,(H,19,21)/b10-9+. The molecule has 0 spiro atoms. The van der Waals surface area contributed by atoms with Gasteiger partial charge in [-0.15, -0.1) is 0 Å². The average molecular weight is 303 g/mol. The van der Waals surface area contributed by atoms with E-state index >= 15 is 0 Å². The van der Waals surface area contributed by atoms with Crippen molar-refractivity contribution < 1.29 is 4.79 Å². The largest absolute Gasteiger partial charge is 0.342 e. The molecule has 2 rings (SSSR count). The molecule has 0 unspecified atom stereocenters. The molecule has 0 saturated carbocycles. The molecule has 1 N–H and O–H groups in total. The SMILES string of the molecule is O=C(/C=C/c1ccccc1Cl)NCC#CCN1CCCC1. The van der Waals surface area contributed by atoms with Crippen LogP contribution in [0.25, 0.3) is 6.08 Å². The Morgan fingerprint density at radius 3 is 2.81 bits per heavy atom. The summed E-state index contributed by atoms with van der Waals surface area (Å²) in [4.78, 5) is 14.0. The van der Waals surface area contributed by atoms with Crippen molar-refractivity contribution >= 4 is 23.6 Å². The van der Waals surface area contributed by atoms with Gasteiger partial charge in [-0.1, -0.05) is 41.6 Å². The van der Waals surface area contributed by atoms with E-state index < -0.39 is 0 Å². The molecule has 0 bridgehead atoms. The third-order valence-corrected chi connectivity index (χ3v) is 3.64. The van der Waals surface area contributed by atoms with Gasteiger partial charge in [0.1, 0.15) is 0 Å². The van der Waals surface area contributed by atoms with Crippen molar-refractivity contribution in [3.63, 3.8) is 0 Å². The first-order valence-electron chi connectivity index (χ1n) is 7.14. The smallest absolute Gasteiger partial charge is 0.244 e. The topological polar surface area (TPSA) is 32.3 Å². The van der Waals surface area contributed by atoms with Gasteiger partial charge in [-0.3, -0.25) is 9.69 Å². The fourth-order valence-electron chi connectivity index (χ4n) is 2.14. The van der Waals surface area contributed by atoms with Crippen molar-refractivity contribution in [2.45, 2.75) is 12.8 Å². The van der Waals surface area contributed by atoms with E-state index in [4.69, 9.17) is 11.6 Å². The Labute approximate surface area is 131 Å². The summed E-state index contributed by atoms with van der Waals surface area (Å²) in [6.07, 6.45) is 5.72. The molecule has 1 aliphatic heterocycles. The van der Waals surface area contributed by atoms with Gasteiger partial charge in [-0.25, -0.2) is 0 Å². The maximum Gasteiger partial charge on any atom is 0.244 e. The van der Waals surface area contributed by atoms with Crippen LogP contribution in [-0.2, 0) is 4.79 Å². The summed E-state index contributed by atoms with van der Waals surface area (Å²) < 4.78 is 0. The van der Waals surface area contributed by atoms with Crippen LogP contribution in [0.2, 0.25) is 5.02 Å². The monoisotopic (exact) mass is 302 g/mol.